The van der Waals surface area contributed by atoms with Crippen LogP contribution in [0.4, 0.5) is 0 Å². The number of hydrogen-bond donors (Lipinski definition) is 1. The Balaban J connectivity index is 1.93. The molecular weight excluding hydrogens is 273 g/mol. The van der Waals surface area contributed by atoms with Gasteiger partial charge in [0.2, 0.25) is 0 Å². The highest BCUT2D eigenvalue weighted by Gasteiger charge is 2.10. The second kappa shape index (κ2) is 5.94. The summed E-state index contributed by atoms with van der Waals surface area (Å²) < 4.78 is 4.94. The van der Waals surface area contributed by atoms with Crippen molar-refractivity contribution in [1.29, 1.82) is 0 Å². The lowest BCUT2D eigenvalue weighted by atomic mass is 10.2. The molecule has 2 aromatic rings. The van der Waals surface area contributed by atoms with Crippen molar-refractivity contribution < 1.29 is 9.21 Å². The van der Waals surface area contributed by atoms with E-state index in [9.17, 15) is 4.79 Å². The van der Waals surface area contributed by atoms with Crippen LogP contribution < -0.4 is 5.32 Å². The van der Waals surface area contributed by atoms with E-state index in [0.717, 1.165) is 5.56 Å². The molecule has 0 saturated carbocycles. The van der Waals surface area contributed by atoms with E-state index in [2.05, 4.69) is 5.32 Å². The van der Waals surface area contributed by atoms with Crippen LogP contribution in [0.5, 0.6) is 0 Å². The van der Waals surface area contributed by atoms with Gasteiger partial charge in [-0.3, -0.25) is 4.79 Å². The fourth-order valence-electron chi connectivity index (χ4n) is 1.52. The Morgan fingerprint density at radius 3 is 2.83 bits per heavy atom. The fourth-order valence-corrected chi connectivity index (χ4v) is 1.90. The largest absolute Gasteiger partial charge is 0.472 e. The van der Waals surface area contributed by atoms with E-state index in [0.29, 0.717) is 28.6 Å². The van der Waals surface area contributed by atoms with Gasteiger partial charge in [0.15, 0.2) is 0 Å². The highest BCUT2D eigenvalue weighted by atomic mass is 35.5. The molecule has 18 heavy (non-hydrogen) atoms. The monoisotopic (exact) mass is 283 g/mol. The summed E-state index contributed by atoms with van der Waals surface area (Å²) >= 11 is 11.8. The average Bonchev–Trinajstić information content (AvgIpc) is 2.85. The maximum absolute atomic E-state index is 11.9. The predicted octanol–water partition coefficient (Wildman–Crippen LogP) is 3.56. The Morgan fingerprint density at radius 1 is 1.28 bits per heavy atom. The molecule has 2 rings (SSSR count). The smallest absolute Gasteiger partial charge is 0.252 e. The van der Waals surface area contributed by atoms with Gasteiger partial charge in [-0.25, -0.2) is 0 Å². The molecule has 94 valence electrons. The van der Waals surface area contributed by atoms with E-state index in [1.165, 1.54) is 0 Å². The molecule has 1 N–H and O–H groups in total. The quantitative estimate of drug-likeness (QED) is 0.932. The van der Waals surface area contributed by atoms with Crippen LogP contribution in [-0.4, -0.2) is 12.5 Å². The standard InChI is InChI=1S/C13H11Cl2NO2/c14-10-1-2-12(15)11(7-10)13(17)16-5-3-9-4-6-18-8-9/h1-2,4,6-8H,3,5H2,(H,16,17). The van der Waals surface area contributed by atoms with Crippen LogP contribution >= 0.6 is 23.2 Å². The SMILES string of the molecule is O=C(NCCc1ccoc1)c1cc(Cl)ccc1Cl. The van der Waals surface area contributed by atoms with E-state index in [1.807, 2.05) is 6.07 Å². The van der Waals surface area contributed by atoms with Gasteiger partial charge in [0.05, 0.1) is 23.1 Å². The maximum atomic E-state index is 11.9. The average molecular weight is 284 g/mol. The van der Waals surface area contributed by atoms with E-state index in [-0.39, 0.29) is 5.91 Å². The Morgan fingerprint density at radius 2 is 2.11 bits per heavy atom. The van der Waals surface area contributed by atoms with Crippen molar-refractivity contribution in [2.75, 3.05) is 6.54 Å². The van der Waals surface area contributed by atoms with E-state index < -0.39 is 0 Å². The Labute approximate surface area is 115 Å². The highest BCUT2D eigenvalue weighted by Crippen LogP contribution is 2.20. The van der Waals surface area contributed by atoms with Gasteiger partial charge >= 0.3 is 0 Å². The molecule has 0 saturated heterocycles. The summed E-state index contributed by atoms with van der Waals surface area (Å²) in [5.41, 5.74) is 1.42. The summed E-state index contributed by atoms with van der Waals surface area (Å²) in [5.74, 6) is -0.231. The van der Waals surface area contributed by atoms with Crippen LogP contribution in [0.2, 0.25) is 10.0 Å². The maximum Gasteiger partial charge on any atom is 0.252 e. The summed E-state index contributed by atoms with van der Waals surface area (Å²) in [4.78, 5) is 11.9. The van der Waals surface area contributed by atoms with Crippen molar-refractivity contribution in [1.82, 2.24) is 5.32 Å². The normalized spacial score (nSPS) is 10.3. The van der Waals surface area contributed by atoms with Gasteiger partial charge < -0.3 is 9.73 Å². The third kappa shape index (κ3) is 3.28. The Kier molecular flexibility index (Phi) is 4.28. The zero-order chi connectivity index (χ0) is 13.0. The Bertz CT molecular complexity index is 538. The second-order valence-electron chi connectivity index (χ2n) is 3.76. The number of hydrogen-bond acceptors (Lipinski definition) is 2. The predicted molar refractivity (Wildman–Crippen MR) is 71.2 cm³/mol. The number of carbonyl (C=O) groups is 1. The summed E-state index contributed by atoms with van der Waals surface area (Å²) in [5, 5.41) is 3.66. The molecule has 0 aliphatic heterocycles. The number of nitrogens with one attached hydrogen (secondary N) is 1. The van der Waals surface area contributed by atoms with Crippen LogP contribution in [0.25, 0.3) is 0 Å². The summed E-state index contributed by atoms with van der Waals surface area (Å²) in [6, 6.07) is 6.66. The number of carbonyl (C=O) groups excluding carboxylic acids is 1. The van der Waals surface area contributed by atoms with Crippen LogP contribution in [0.15, 0.2) is 41.2 Å². The van der Waals surface area contributed by atoms with Crippen molar-refractivity contribution in [3.63, 3.8) is 0 Å². The minimum atomic E-state index is -0.231. The van der Waals surface area contributed by atoms with Crippen LogP contribution in [-0.2, 0) is 6.42 Å². The number of rotatable bonds is 4. The summed E-state index contributed by atoms with van der Waals surface area (Å²) in [6.45, 7) is 0.515. The molecule has 1 amide bonds. The zero-order valence-electron chi connectivity index (χ0n) is 9.45. The molecule has 1 heterocycles. The van der Waals surface area contributed by atoms with Crippen molar-refractivity contribution in [3.8, 4) is 0 Å². The first-order valence-corrected chi connectivity index (χ1v) is 6.17. The lowest BCUT2D eigenvalue weighted by Crippen LogP contribution is -2.25. The number of furan rings is 1. The van der Waals surface area contributed by atoms with Crippen molar-refractivity contribution in [3.05, 3.63) is 58.0 Å². The van der Waals surface area contributed by atoms with Gasteiger partial charge in [0, 0.05) is 11.6 Å². The third-order valence-electron chi connectivity index (χ3n) is 2.45. The van der Waals surface area contributed by atoms with Gasteiger partial charge in [-0.2, -0.15) is 0 Å². The zero-order valence-corrected chi connectivity index (χ0v) is 11.0. The molecule has 0 atom stereocenters. The molecule has 5 heteroatoms. The molecule has 0 unspecified atom stereocenters. The number of halogens is 2. The van der Waals surface area contributed by atoms with Gasteiger partial charge in [-0.1, -0.05) is 23.2 Å². The first-order valence-electron chi connectivity index (χ1n) is 5.41. The van der Waals surface area contributed by atoms with Crippen LogP contribution in [0.1, 0.15) is 15.9 Å². The highest BCUT2D eigenvalue weighted by molar-refractivity contribution is 6.35. The number of benzene rings is 1. The number of amides is 1. The first kappa shape index (κ1) is 13.0. The molecule has 0 aliphatic rings. The molecule has 0 spiro atoms. The molecule has 0 radical (unpaired) electrons. The molecule has 3 nitrogen and oxygen atoms in total. The molecular formula is C13H11Cl2NO2. The van der Waals surface area contributed by atoms with Crippen molar-refractivity contribution >= 4 is 29.1 Å². The van der Waals surface area contributed by atoms with Crippen molar-refractivity contribution in [2.45, 2.75) is 6.42 Å². The van der Waals surface area contributed by atoms with Gasteiger partial charge in [0.25, 0.3) is 5.91 Å². The van der Waals surface area contributed by atoms with Crippen LogP contribution in [0.3, 0.4) is 0 Å². The topological polar surface area (TPSA) is 42.2 Å². The molecule has 1 aromatic carbocycles. The molecule has 1 aromatic heterocycles. The minimum Gasteiger partial charge on any atom is -0.472 e. The lowest BCUT2D eigenvalue weighted by molar-refractivity contribution is 0.0954. The third-order valence-corrected chi connectivity index (χ3v) is 3.02. The summed E-state index contributed by atoms with van der Waals surface area (Å²) in [7, 11) is 0. The van der Waals surface area contributed by atoms with E-state index >= 15 is 0 Å². The Hall–Kier alpha value is -1.45. The van der Waals surface area contributed by atoms with E-state index in [4.69, 9.17) is 27.6 Å². The van der Waals surface area contributed by atoms with E-state index in [1.54, 1.807) is 30.7 Å². The first-order chi connectivity index (χ1) is 8.66. The molecule has 0 aliphatic carbocycles. The van der Waals surface area contributed by atoms with Gasteiger partial charge in [0.1, 0.15) is 0 Å². The second-order valence-corrected chi connectivity index (χ2v) is 4.61. The van der Waals surface area contributed by atoms with Crippen LogP contribution in [0, 0.1) is 0 Å². The van der Waals surface area contributed by atoms with Gasteiger partial charge in [-0.15, -0.1) is 0 Å². The van der Waals surface area contributed by atoms with Crippen molar-refractivity contribution in [2.24, 2.45) is 0 Å². The fraction of sp³-hybridized carbons (Fsp3) is 0.154. The molecule has 0 fully saturated rings. The minimum absolute atomic E-state index is 0.231. The lowest BCUT2D eigenvalue weighted by Gasteiger charge is -2.06. The molecule has 0 bridgehead atoms. The summed E-state index contributed by atoms with van der Waals surface area (Å²) in [6.07, 6.45) is 3.96. The van der Waals surface area contributed by atoms with Gasteiger partial charge in [-0.05, 0) is 36.2 Å².